The van der Waals surface area contributed by atoms with Crippen molar-refractivity contribution in [1.82, 2.24) is 10.2 Å². The summed E-state index contributed by atoms with van der Waals surface area (Å²) in [5, 5.41) is 3.92. The summed E-state index contributed by atoms with van der Waals surface area (Å²) in [4.78, 5) is 15.1. The van der Waals surface area contributed by atoms with Crippen molar-refractivity contribution in [2.75, 3.05) is 20.2 Å². The number of carbonyl (C=O) groups is 1. The lowest BCUT2D eigenvalue weighted by atomic mass is 9.94. The van der Waals surface area contributed by atoms with E-state index in [1.165, 1.54) is 5.56 Å². The van der Waals surface area contributed by atoms with Crippen LogP contribution < -0.4 is 10.1 Å². The van der Waals surface area contributed by atoms with Crippen LogP contribution in [0.2, 0.25) is 5.02 Å². The van der Waals surface area contributed by atoms with Crippen molar-refractivity contribution < 1.29 is 9.53 Å². The molecule has 0 unspecified atom stereocenters. The Kier molecular flexibility index (Phi) is 6.75. The van der Waals surface area contributed by atoms with Crippen molar-refractivity contribution in [2.45, 2.75) is 32.4 Å². The molecule has 0 bridgehead atoms. The van der Waals surface area contributed by atoms with Gasteiger partial charge in [0.15, 0.2) is 0 Å². The highest BCUT2D eigenvalue weighted by Gasteiger charge is 2.26. The van der Waals surface area contributed by atoms with Gasteiger partial charge >= 0.3 is 0 Å². The molecule has 0 aliphatic carbocycles. The van der Waals surface area contributed by atoms with Crippen LogP contribution in [0.1, 0.15) is 36.9 Å². The number of ether oxygens (including phenoxy) is 1. The molecule has 0 spiro atoms. The molecule has 1 aliphatic heterocycles. The quantitative estimate of drug-likeness (QED) is 0.798. The van der Waals surface area contributed by atoms with Gasteiger partial charge in [-0.05, 0) is 56.6 Å². The number of para-hydroxylation sites is 1. The monoisotopic (exact) mass is 386 g/mol. The fraction of sp³-hybridized carbons (Fsp3) is 0.409. The Morgan fingerprint density at radius 2 is 1.85 bits per heavy atom. The fourth-order valence-electron chi connectivity index (χ4n) is 3.63. The molecule has 1 saturated heterocycles. The Morgan fingerprint density at radius 1 is 1.19 bits per heavy atom. The van der Waals surface area contributed by atoms with Gasteiger partial charge in [0.1, 0.15) is 5.75 Å². The molecule has 3 rings (SSSR count). The van der Waals surface area contributed by atoms with Crippen LogP contribution in [0.15, 0.2) is 48.5 Å². The number of carbonyl (C=O) groups excluding carboxylic acids is 1. The van der Waals surface area contributed by atoms with Gasteiger partial charge in [-0.2, -0.15) is 0 Å². The largest absolute Gasteiger partial charge is 0.496 e. The third-order valence-corrected chi connectivity index (χ3v) is 5.49. The number of likely N-dealkylation sites (tertiary alicyclic amines) is 1. The number of hydrogen-bond acceptors (Lipinski definition) is 3. The second kappa shape index (κ2) is 9.25. The maximum absolute atomic E-state index is 12.7. The maximum atomic E-state index is 12.7. The summed E-state index contributed by atoms with van der Waals surface area (Å²) in [5.74, 6) is 1.02. The van der Waals surface area contributed by atoms with Crippen LogP contribution in [-0.4, -0.2) is 31.0 Å². The van der Waals surface area contributed by atoms with Gasteiger partial charge in [0, 0.05) is 23.0 Å². The molecule has 1 atom stereocenters. The molecule has 1 amide bonds. The zero-order valence-corrected chi connectivity index (χ0v) is 16.7. The molecule has 1 N–H and O–H groups in total. The predicted molar refractivity (Wildman–Crippen MR) is 109 cm³/mol. The molecule has 1 fully saturated rings. The highest BCUT2D eigenvalue weighted by molar-refractivity contribution is 6.30. The zero-order chi connectivity index (χ0) is 19.2. The lowest BCUT2D eigenvalue weighted by Crippen LogP contribution is -2.40. The third kappa shape index (κ3) is 5.24. The molecule has 0 radical (unpaired) electrons. The number of piperidine rings is 1. The van der Waals surface area contributed by atoms with Crippen LogP contribution in [0, 0.1) is 5.92 Å². The molecule has 0 saturated carbocycles. The van der Waals surface area contributed by atoms with Gasteiger partial charge in [-0.1, -0.05) is 41.9 Å². The molecule has 144 valence electrons. The molecule has 2 aromatic carbocycles. The highest BCUT2D eigenvalue weighted by atomic mass is 35.5. The number of benzene rings is 2. The van der Waals surface area contributed by atoms with Gasteiger partial charge in [0.2, 0.25) is 5.91 Å². The van der Waals surface area contributed by atoms with E-state index in [1.54, 1.807) is 7.11 Å². The molecule has 1 aliphatic rings. The maximum Gasteiger partial charge on any atom is 0.223 e. The van der Waals surface area contributed by atoms with E-state index in [9.17, 15) is 4.79 Å². The number of rotatable bonds is 6. The van der Waals surface area contributed by atoms with E-state index in [0.717, 1.165) is 48.8 Å². The molecule has 2 aromatic rings. The molecule has 0 aromatic heterocycles. The fourth-order valence-corrected chi connectivity index (χ4v) is 3.76. The van der Waals surface area contributed by atoms with Crippen molar-refractivity contribution in [1.29, 1.82) is 0 Å². The van der Waals surface area contributed by atoms with E-state index in [-0.39, 0.29) is 17.9 Å². The average Bonchev–Trinajstić information content (AvgIpc) is 2.70. The number of nitrogens with zero attached hydrogens (tertiary/aromatic N) is 1. The van der Waals surface area contributed by atoms with Crippen LogP contribution >= 0.6 is 11.6 Å². The Labute approximate surface area is 166 Å². The lowest BCUT2D eigenvalue weighted by Gasteiger charge is -2.32. The van der Waals surface area contributed by atoms with E-state index in [1.807, 2.05) is 43.3 Å². The van der Waals surface area contributed by atoms with Gasteiger partial charge in [-0.25, -0.2) is 0 Å². The van der Waals surface area contributed by atoms with E-state index >= 15 is 0 Å². The average molecular weight is 387 g/mol. The Hall–Kier alpha value is -2.04. The Morgan fingerprint density at radius 3 is 2.52 bits per heavy atom. The Balaban J connectivity index is 1.50. The molecular weight excluding hydrogens is 360 g/mol. The topological polar surface area (TPSA) is 41.6 Å². The minimum Gasteiger partial charge on any atom is -0.496 e. The van der Waals surface area contributed by atoms with Gasteiger partial charge in [-0.15, -0.1) is 0 Å². The summed E-state index contributed by atoms with van der Waals surface area (Å²) in [7, 11) is 1.66. The summed E-state index contributed by atoms with van der Waals surface area (Å²) in [5.41, 5.74) is 2.26. The van der Waals surface area contributed by atoms with Gasteiger partial charge in [-0.3, -0.25) is 9.69 Å². The second-order valence-electron chi connectivity index (χ2n) is 7.15. The van der Waals surface area contributed by atoms with E-state index in [0.29, 0.717) is 0 Å². The van der Waals surface area contributed by atoms with Crippen molar-refractivity contribution in [3.63, 3.8) is 0 Å². The molecule has 5 heteroatoms. The van der Waals surface area contributed by atoms with Crippen molar-refractivity contribution >= 4 is 17.5 Å². The number of nitrogens with one attached hydrogen (secondary N) is 1. The number of amides is 1. The highest BCUT2D eigenvalue weighted by Crippen LogP contribution is 2.26. The minimum absolute atomic E-state index is 0.0688. The van der Waals surface area contributed by atoms with Crippen molar-refractivity contribution in [3.05, 3.63) is 64.7 Å². The SMILES string of the molecule is COc1ccccc1[C@H](C)NC(=O)C1CCN(Cc2ccc(Cl)cc2)CC1. The van der Waals surface area contributed by atoms with Crippen LogP contribution in [0.4, 0.5) is 0 Å². The summed E-state index contributed by atoms with van der Waals surface area (Å²) in [6.45, 7) is 4.78. The standard InChI is InChI=1S/C22H27ClN2O2/c1-16(20-5-3-4-6-21(20)27-2)24-22(26)18-11-13-25(14-12-18)15-17-7-9-19(23)10-8-17/h3-10,16,18H,11-15H2,1-2H3,(H,24,26)/t16-/m0/s1. The Bertz CT molecular complexity index is 755. The second-order valence-corrected chi connectivity index (χ2v) is 7.59. The van der Waals surface area contributed by atoms with Crippen LogP contribution in [-0.2, 0) is 11.3 Å². The van der Waals surface area contributed by atoms with Crippen molar-refractivity contribution in [3.8, 4) is 5.75 Å². The van der Waals surface area contributed by atoms with Gasteiger partial charge in [0.25, 0.3) is 0 Å². The molecule has 27 heavy (non-hydrogen) atoms. The number of halogens is 1. The number of methoxy groups -OCH3 is 1. The molecule has 1 heterocycles. The lowest BCUT2D eigenvalue weighted by molar-refractivity contribution is -0.127. The third-order valence-electron chi connectivity index (χ3n) is 5.24. The molecule has 4 nitrogen and oxygen atoms in total. The zero-order valence-electron chi connectivity index (χ0n) is 16.0. The van der Waals surface area contributed by atoms with E-state index in [4.69, 9.17) is 16.3 Å². The minimum atomic E-state index is -0.0688. The van der Waals surface area contributed by atoms with Gasteiger partial charge in [0.05, 0.1) is 13.2 Å². The van der Waals surface area contributed by atoms with Crippen LogP contribution in [0.3, 0.4) is 0 Å². The first-order valence-corrected chi connectivity index (χ1v) is 9.84. The first-order chi connectivity index (χ1) is 13.1. The predicted octanol–water partition coefficient (Wildman–Crippen LogP) is 4.44. The summed E-state index contributed by atoms with van der Waals surface area (Å²) >= 11 is 5.95. The van der Waals surface area contributed by atoms with Crippen LogP contribution in [0.5, 0.6) is 5.75 Å². The number of hydrogen-bond donors (Lipinski definition) is 1. The summed E-state index contributed by atoms with van der Waals surface area (Å²) in [6.07, 6.45) is 1.77. The van der Waals surface area contributed by atoms with Crippen LogP contribution in [0.25, 0.3) is 0 Å². The smallest absolute Gasteiger partial charge is 0.223 e. The van der Waals surface area contributed by atoms with E-state index in [2.05, 4.69) is 22.3 Å². The molecular formula is C22H27ClN2O2. The first kappa shape index (κ1) is 19.7. The summed E-state index contributed by atoms with van der Waals surface area (Å²) < 4.78 is 5.41. The first-order valence-electron chi connectivity index (χ1n) is 9.47. The van der Waals surface area contributed by atoms with Gasteiger partial charge < -0.3 is 10.1 Å². The van der Waals surface area contributed by atoms with Crippen molar-refractivity contribution in [2.24, 2.45) is 5.92 Å². The normalized spacial score (nSPS) is 16.7. The summed E-state index contributed by atoms with van der Waals surface area (Å²) in [6, 6.07) is 15.7. The van der Waals surface area contributed by atoms with E-state index < -0.39 is 0 Å².